The molecule has 5 rings (SSSR count). The van der Waals surface area contributed by atoms with E-state index in [1.807, 2.05) is 4.90 Å². The third kappa shape index (κ3) is 4.31. The van der Waals surface area contributed by atoms with Crippen LogP contribution in [0.5, 0.6) is 0 Å². The van der Waals surface area contributed by atoms with Gasteiger partial charge < -0.3 is 14.6 Å². The van der Waals surface area contributed by atoms with Gasteiger partial charge in [-0.3, -0.25) is 14.4 Å². The second-order valence-corrected chi connectivity index (χ2v) is 8.11. The third-order valence-electron chi connectivity index (χ3n) is 6.05. The van der Waals surface area contributed by atoms with Crippen LogP contribution in [0.1, 0.15) is 41.6 Å². The molecular weight excluding hydrogens is 401 g/mol. The number of halogens is 1. The number of carbonyl (C=O) groups is 1. The van der Waals surface area contributed by atoms with Crippen molar-refractivity contribution in [3.8, 4) is 0 Å². The lowest BCUT2D eigenvalue weighted by molar-refractivity contribution is 0.0359. The highest BCUT2D eigenvalue weighted by atomic mass is 19.1. The second-order valence-electron chi connectivity index (χ2n) is 8.11. The fourth-order valence-corrected chi connectivity index (χ4v) is 4.34. The first-order chi connectivity index (χ1) is 15.2. The zero-order valence-electron chi connectivity index (χ0n) is 17.3. The number of nitrogens with zero attached hydrogens (tertiary/aromatic N) is 6. The zero-order valence-corrected chi connectivity index (χ0v) is 17.3. The molecule has 10 heteroatoms. The molecule has 1 N–H and O–H groups in total. The Morgan fingerprint density at radius 3 is 2.94 bits per heavy atom. The standard InChI is InChI=1S/C21H26FN7O2/c22-15-4-5-16-17(13-15)24-20(23-16)19-3-1-2-6-29(19)21(30)18-14-28(26-25-18)8-7-27-9-11-31-12-10-27/h4-5,13-14,19H,1-3,6-12H2,(H,23,24)/t19-/m0/s1. The maximum atomic E-state index is 13.6. The van der Waals surface area contributed by atoms with Crippen LogP contribution >= 0.6 is 0 Å². The van der Waals surface area contributed by atoms with Gasteiger partial charge in [0.1, 0.15) is 11.6 Å². The molecule has 2 aromatic heterocycles. The normalized spacial score (nSPS) is 20.4. The molecule has 2 aliphatic rings. The molecule has 0 aliphatic carbocycles. The van der Waals surface area contributed by atoms with Crippen LogP contribution in [0.15, 0.2) is 24.4 Å². The molecule has 9 nitrogen and oxygen atoms in total. The fraction of sp³-hybridized carbons (Fsp3) is 0.524. The van der Waals surface area contributed by atoms with Crippen molar-refractivity contribution in [1.29, 1.82) is 0 Å². The number of likely N-dealkylation sites (tertiary alicyclic amines) is 1. The lowest BCUT2D eigenvalue weighted by Crippen LogP contribution is -2.39. The Balaban J connectivity index is 1.30. The Morgan fingerprint density at radius 1 is 1.19 bits per heavy atom. The zero-order chi connectivity index (χ0) is 21.2. The molecule has 2 aliphatic heterocycles. The van der Waals surface area contributed by atoms with E-state index in [0.29, 0.717) is 35.6 Å². The van der Waals surface area contributed by atoms with E-state index in [1.165, 1.54) is 12.1 Å². The highest BCUT2D eigenvalue weighted by molar-refractivity contribution is 5.92. The van der Waals surface area contributed by atoms with Crippen LogP contribution in [0.2, 0.25) is 0 Å². The number of aromatic amines is 1. The molecule has 2 fully saturated rings. The van der Waals surface area contributed by atoms with Gasteiger partial charge in [-0.25, -0.2) is 9.37 Å². The molecular formula is C21H26FN7O2. The average Bonchev–Trinajstić information content (AvgIpc) is 3.45. The van der Waals surface area contributed by atoms with Crippen LogP contribution in [-0.4, -0.2) is 80.1 Å². The summed E-state index contributed by atoms with van der Waals surface area (Å²) >= 11 is 0. The van der Waals surface area contributed by atoms with E-state index >= 15 is 0 Å². The number of ether oxygens (including phenoxy) is 1. The molecule has 2 saturated heterocycles. The van der Waals surface area contributed by atoms with Crippen molar-refractivity contribution in [3.63, 3.8) is 0 Å². The lowest BCUT2D eigenvalue weighted by atomic mass is 10.0. The van der Waals surface area contributed by atoms with Gasteiger partial charge in [-0.05, 0) is 37.5 Å². The number of fused-ring (bicyclic) bond motifs is 1. The number of hydrogen-bond donors (Lipinski definition) is 1. The molecule has 1 aromatic carbocycles. The molecule has 0 spiro atoms. The minimum absolute atomic E-state index is 0.144. The summed E-state index contributed by atoms with van der Waals surface area (Å²) in [4.78, 5) is 25.2. The minimum atomic E-state index is -0.312. The van der Waals surface area contributed by atoms with E-state index in [9.17, 15) is 9.18 Å². The van der Waals surface area contributed by atoms with Crippen molar-refractivity contribution in [1.82, 2.24) is 34.8 Å². The number of benzene rings is 1. The molecule has 3 aromatic rings. The minimum Gasteiger partial charge on any atom is -0.379 e. The highest BCUT2D eigenvalue weighted by Crippen LogP contribution is 2.31. The number of piperidine rings is 1. The number of aromatic nitrogens is 5. The maximum absolute atomic E-state index is 13.6. The van der Waals surface area contributed by atoms with Gasteiger partial charge in [-0.15, -0.1) is 5.10 Å². The summed E-state index contributed by atoms with van der Waals surface area (Å²) in [5.74, 6) is 0.232. The monoisotopic (exact) mass is 427 g/mol. The van der Waals surface area contributed by atoms with Crippen molar-refractivity contribution in [2.45, 2.75) is 31.8 Å². The van der Waals surface area contributed by atoms with E-state index < -0.39 is 0 Å². The van der Waals surface area contributed by atoms with Gasteiger partial charge in [0.15, 0.2) is 5.69 Å². The van der Waals surface area contributed by atoms with Crippen molar-refractivity contribution in [2.75, 3.05) is 39.4 Å². The largest absolute Gasteiger partial charge is 0.379 e. The van der Waals surface area contributed by atoms with Crippen molar-refractivity contribution >= 4 is 16.9 Å². The third-order valence-corrected chi connectivity index (χ3v) is 6.05. The SMILES string of the molecule is O=C(c1cn(CCN2CCOCC2)nn1)N1CCCC[C@H]1c1nc2ccc(F)cc2[nH]1. The number of amides is 1. The van der Waals surface area contributed by atoms with Crippen molar-refractivity contribution in [3.05, 3.63) is 41.7 Å². The Hall–Kier alpha value is -2.85. The predicted octanol–water partition coefficient (Wildman–Crippen LogP) is 1.99. The van der Waals surface area contributed by atoms with E-state index in [0.717, 1.165) is 52.1 Å². The van der Waals surface area contributed by atoms with Crippen LogP contribution in [0.3, 0.4) is 0 Å². The number of hydrogen-bond acceptors (Lipinski definition) is 6. The Labute approximate surface area is 179 Å². The van der Waals surface area contributed by atoms with Gasteiger partial charge in [0.05, 0.1) is 43.0 Å². The molecule has 1 amide bonds. The topological polar surface area (TPSA) is 92.2 Å². The smallest absolute Gasteiger partial charge is 0.276 e. The highest BCUT2D eigenvalue weighted by Gasteiger charge is 2.32. The van der Waals surface area contributed by atoms with Crippen LogP contribution < -0.4 is 0 Å². The summed E-state index contributed by atoms with van der Waals surface area (Å²) in [6, 6.07) is 4.29. The molecule has 0 saturated carbocycles. The molecule has 4 heterocycles. The number of rotatable bonds is 5. The summed E-state index contributed by atoms with van der Waals surface area (Å²) < 4.78 is 20.7. The van der Waals surface area contributed by atoms with Crippen molar-refractivity contribution in [2.24, 2.45) is 0 Å². The summed E-state index contributed by atoms with van der Waals surface area (Å²) in [5, 5.41) is 8.29. The first-order valence-corrected chi connectivity index (χ1v) is 10.8. The Bertz CT molecular complexity index is 1060. The predicted molar refractivity (Wildman–Crippen MR) is 111 cm³/mol. The number of carbonyl (C=O) groups excluding carboxylic acids is 1. The quantitative estimate of drug-likeness (QED) is 0.670. The number of imidazole rings is 1. The van der Waals surface area contributed by atoms with Gasteiger partial charge in [0.2, 0.25) is 0 Å². The first kappa shape index (κ1) is 20.1. The van der Waals surface area contributed by atoms with Crippen LogP contribution in [0, 0.1) is 5.82 Å². The number of nitrogens with one attached hydrogen (secondary N) is 1. The Morgan fingerprint density at radius 2 is 2.06 bits per heavy atom. The lowest BCUT2D eigenvalue weighted by Gasteiger charge is -2.33. The van der Waals surface area contributed by atoms with Gasteiger partial charge >= 0.3 is 0 Å². The van der Waals surface area contributed by atoms with E-state index in [2.05, 4.69) is 25.2 Å². The maximum Gasteiger partial charge on any atom is 0.276 e. The molecule has 1 atom stereocenters. The molecule has 0 bridgehead atoms. The molecule has 31 heavy (non-hydrogen) atoms. The summed E-state index contributed by atoms with van der Waals surface area (Å²) in [7, 11) is 0. The second kappa shape index (κ2) is 8.72. The Kier molecular flexibility index (Phi) is 5.65. The van der Waals surface area contributed by atoms with Gasteiger partial charge in [0.25, 0.3) is 5.91 Å². The first-order valence-electron chi connectivity index (χ1n) is 10.8. The summed E-state index contributed by atoms with van der Waals surface area (Å²) in [6.45, 7) is 5.50. The van der Waals surface area contributed by atoms with E-state index in [-0.39, 0.29) is 17.8 Å². The number of morpholine rings is 1. The van der Waals surface area contributed by atoms with Crippen LogP contribution in [0.4, 0.5) is 4.39 Å². The van der Waals surface area contributed by atoms with Gasteiger partial charge in [-0.1, -0.05) is 5.21 Å². The van der Waals surface area contributed by atoms with Gasteiger partial charge in [-0.2, -0.15) is 0 Å². The van der Waals surface area contributed by atoms with Gasteiger partial charge in [0, 0.05) is 26.2 Å². The summed E-state index contributed by atoms with van der Waals surface area (Å²) in [5.41, 5.74) is 1.68. The van der Waals surface area contributed by atoms with Crippen LogP contribution in [0.25, 0.3) is 11.0 Å². The fourth-order valence-electron chi connectivity index (χ4n) is 4.34. The molecule has 164 valence electrons. The number of H-pyrrole nitrogens is 1. The van der Waals surface area contributed by atoms with E-state index in [4.69, 9.17) is 4.74 Å². The van der Waals surface area contributed by atoms with Crippen molar-refractivity contribution < 1.29 is 13.9 Å². The van der Waals surface area contributed by atoms with Crippen LogP contribution in [-0.2, 0) is 11.3 Å². The summed E-state index contributed by atoms with van der Waals surface area (Å²) in [6.07, 6.45) is 4.47. The molecule has 0 unspecified atom stereocenters. The average molecular weight is 427 g/mol. The molecule has 0 radical (unpaired) electrons. The van der Waals surface area contributed by atoms with E-state index in [1.54, 1.807) is 16.9 Å².